The number of benzene rings is 1. The van der Waals surface area contributed by atoms with E-state index >= 15 is 0 Å². The summed E-state index contributed by atoms with van der Waals surface area (Å²) in [7, 11) is -10.2. The van der Waals surface area contributed by atoms with Gasteiger partial charge in [-0.2, -0.15) is 4.98 Å². The molecule has 6 rings (SSSR count). The van der Waals surface area contributed by atoms with Crippen molar-refractivity contribution in [1.29, 1.82) is 0 Å². The van der Waals surface area contributed by atoms with Crippen molar-refractivity contribution in [3.63, 3.8) is 0 Å². The van der Waals surface area contributed by atoms with Crippen molar-refractivity contribution < 1.29 is 57.1 Å². The Bertz CT molecular complexity index is 2030. The Hall–Kier alpha value is -3.63. The lowest BCUT2D eigenvalue weighted by Gasteiger charge is -2.24. The molecule has 47 heavy (non-hydrogen) atoms. The third kappa shape index (κ3) is 6.85. The number of aliphatic hydroxyl groups excluding tert-OH is 2. The van der Waals surface area contributed by atoms with Crippen LogP contribution >= 0.6 is 15.6 Å². The van der Waals surface area contributed by atoms with Crippen molar-refractivity contribution in [2.45, 2.75) is 49.4 Å². The highest BCUT2D eigenvalue weighted by molar-refractivity contribution is 7.47. The highest BCUT2D eigenvalue weighted by Gasteiger charge is 2.50. The van der Waals surface area contributed by atoms with Gasteiger partial charge < -0.3 is 45.8 Å². The molecule has 1 aromatic carbocycles. The first-order chi connectivity index (χ1) is 22.1. The summed E-state index contributed by atoms with van der Waals surface area (Å²) in [6.45, 7) is -1.52. The van der Waals surface area contributed by atoms with Gasteiger partial charge in [0.1, 0.15) is 30.7 Å². The first-order valence-corrected chi connectivity index (χ1v) is 16.6. The number of phosphoric acid groups is 2. The minimum Gasteiger partial charge on any atom is -0.399 e. The molecule has 22 nitrogen and oxygen atoms in total. The van der Waals surface area contributed by atoms with Gasteiger partial charge in [0.2, 0.25) is 5.95 Å². The van der Waals surface area contributed by atoms with Crippen LogP contribution in [0.4, 0.5) is 11.6 Å². The molecule has 5 heterocycles. The Balaban J connectivity index is 1.19. The van der Waals surface area contributed by atoms with Gasteiger partial charge in [0.15, 0.2) is 23.6 Å². The third-order valence-corrected chi connectivity index (χ3v) is 8.84. The number of anilines is 2. The first-order valence-electron chi connectivity index (χ1n) is 13.6. The van der Waals surface area contributed by atoms with Crippen LogP contribution in [0, 0.1) is 0 Å². The number of phosphoric ester groups is 2. The second-order valence-corrected chi connectivity index (χ2v) is 13.3. The molecule has 0 saturated carbocycles. The van der Waals surface area contributed by atoms with Gasteiger partial charge in [-0.1, -0.05) is 0 Å². The van der Waals surface area contributed by atoms with E-state index < -0.39 is 83.0 Å². The van der Waals surface area contributed by atoms with E-state index in [4.69, 9.17) is 39.8 Å². The quantitative estimate of drug-likeness (QED) is 0.0668. The van der Waals surface area contributed by atoms with E-state index in [1.54, 1.807) is 12.1 Å². The minimum atomic E-state index is -5.12. The standard InChI is InChI=1S/C23H28N8O14P2/c24-9-1-2-12-11(3-9)20(35)31(7-26-12)21-13(32)4-10(43-21)5-42-47(39,40)45-17-16(33)14(6-41-46(36,37)38)44-22(17)30-8-27-15-18(30)28-23(25)29-19(15)34/h1-3,7-8,10,13-14,16-17,21-22,32-33H,4-6,24H2,(H,39,40)(H2,36,37,38)(H3,25,28,29,34)/t10-,13?,14+,16?,17?,21+,22+/m0/s1. The normalized spacial score (nSPS) is 27.9. The van der Waals surface area contributed by atoms with Crippen molar-refractivity contribution in [2.75, 3.05) is 24.7 Å². The molecule has 8 atom stereocenters. The van der Waals surface area contributed by atoms with Crippen LogP contribution in [0.15, 0.2) is 40.4 Å². The zero-order valence-electron chi connectivity index (χ0n) is 23.7. The molecule has 2 saturated heterocycles. The van der Waals surface area contributed by atoms with Gasteiger partial charge in [0, 0.05) is 12.1 Å². The number of nitrogen functional groups attached to an aromatic ring is 2. The van der Waals surface area contributed by atoms with Crippen LogP contribution in [0.25, 0.3) is 22.1 Å². The molecule has 2 fully saturated rings. The summed E-state index contributed by atoms with van der Waals surface area (Å²) in [6.07, 6.45) is -8.17. The molecule has 4 aromatic rings. The Morgan fingerprint density at radius 2 is 1.74 bits per heavy atom. The smallest absolute Gasteiger partial charge is 0.399 e. The third-order valence-electron chi connectivity index (χ3n) is 7.37. The van der Waals surface area contributed by atoms with Gasteiger partial charge >= 0.3 is 15.6 Å². The summed E-state index contributed by atoms with van der Waals surface area (Å²) >= 11 is 0. The van der Waals surface area contributed by atoms with E-state index in [2.05, 4.69) is 24.5 Å². The van der Waals surface area contributed by atoms with Crippen molar-refractivity contribution in [1.82, 2.24) is 29.1 Å². The molecule has 254 valence electrons. The fourth-order valence-electron chi connectivity index (χ4n) is 5.28. The number of imidazole rings is 1. The average Bonchev–Trinajstić information content (AvgIpc) is 3.66. The number of fused-ring (bicyclic) bond motifs is 2. The predicted octanol–water partition coefficient (Wildman–Crippen LogP) is -1.79. The number of aliphatic hydroxyl groups is 2. The molecular formula is C23H28N8O14P2. The second kappa shape index (κ2) is 12.4. The van der Waals surface area contributed by atoms with Gasteiger partial charge in [0.05, 0.1) is 36.5 Å². The highest BCUT2D eigenvalue weighted by Crippen LogP contribution is 2.50. The lowest BCUT2D eigenvalue weighted by atomic mass is 10.1. The number of aromatic nitrogens is 6. The zero-order chi connectivity index (χ0) is 33.8. The number of nitrogens with one attached hydrogen (secondary N) is 1. The molecule has 2 aliphatic rings. The lowest BCUT2D eigenvalue weighted by Crippen LogP contribution is -2.35. The summed E-state index contributed by atoms with van der Waals surface area (Å²) < 4.78 is 52.7. The summed E-state index contributed by atoms with van der Waals surface area (Å²) in [5.74, 6) is -0.319. The van der Waals surface area contributed by atoms with Gasteiger partial charge in [-0.15, -0.1) is 0 Å². The molecule has 0 radical (unpaired) electrons. The fourth-order valence-corrected chi connectivity index (χ4v) is 6.57. The molecule has 0 aliphatic carbocycles. The molecule has 24 heteroatoms. The van der Waals surface area contributed by atoms with Crippen molar-refractivity contribution >= 4 is 49.3 Å². The molecular weight excluding hydrogens is 674 g/mol. The predicted molar refractivity (Wildman–Crippen MR) is 156 cm³/mol. The molecule has 3 aromatic heterocycles. The number of hydrogen-bond acceptors (Lipinski definition) is 16. The maximum Gasteiger partial charge on any atom is 0.472 e. The van der Waals surface area contributed by atoms with E-state index in [9.17, 15) is 33.8 Å². The van der Waals surface area contributed by atoms with E-state index in [0.717, 1.165) is 15.5 Å². The van der Waals surface area contributed by atoms with Crippen LogP contribution in [0.3, 0.4) is 0 Å². The molecule has 4 unspecified atom stereocenters. The van der Waals surface area contributed by atoms with E-state index in [1.165, 1.54) is 12.4 Å². The Morgan fingerprint density at radius 1 is 1.00 bits per heavy atom. The minimum absolute atomic E-state index is 0.131. The van der Waals surface area contributed by atoms with Crippen molar-refractivity contribution in [3.8, 4) is 0 Å². The summed E-state index contributed by atoms with van der Waals surface area (Å²) in [5, 5.41) is 21.8. The number of rotatable bonds is 10. The number of hydrogen-bond donors (Lipinski definition) is 8. The Morgan fingerprint density at radius 3 is 2.49 bits per heavy atom. The topological polar surface area (TPSA) is 332 Å². The number of aromatic amines is 1. The van der Waals surface area contributed by atoms with Crippen LogP contribution in [-0.4, -0.2) is 97.7 Å². The van der Waals surface area contributed by atoms with Crippen molar-refractivity contribution in [3.05, 3.63) is 51.6 Å². The van der Waals surface area contributed by atoms with Gasteiger partial charge in [-0.25, -0.2) is 19.1 Å². The summed E-state index contributed by atoms with van der Waals surface area (Å²) in [4.78, 5) is 68.5. The fraction of sp³-hybridized carbons (Fsp3) is 0.435. The maximum absolute atomic E-state index is 13.1. The summed E-state index contributed by atoms with van der Waals surface area (Å²) in [5.41, 5.74) is 10.4. The Labute approximate surface area is 261 Å². The van der Waals surface area contributed by atoms with Crippen LogP contribution in [-0.2, 0) is 32.2 Å². The average molecular weight is 702 g/mol. The molecule has 0 spiro atoms. The molecule has 0 amide bonds. The van der Waals surface area contributed by atoms with Crippen molar-refractivity contribution in [2.24, 2.45) is 0 Å². The van der Waals surface area contributed by atoms with Gasteiger partial charge in [-0.05, 0) is 18.2 Å². The number of nitrogens with zero attached hydrogens (tertiary/aromatic N) is 5. The lowest BCUT2D eigenvalue weighted by molar-refractivity contribution is -0.0607. The largest absolute Gasteiger partial charge is 0.472 e. The Kier molecular flexibility index (Phi) is 8.80. The van der Waals surface area contributed by atoms with E-state index in [1.807, 2.05) is 0 Å². The van der Waals surface area contributed by atoms with E-state index in [0.29, 0.717) is 11.2 Å². The highest BCUT2D eigenvalue weighted by atomic mass is 31.2. The molecule has 10 N–H and O–H groups in total. The second-order valence-electron chi connectivity index (χ2n) is 10.6. The molecule has 0 bridgehead atoms. The number of nitrogens with two attached hydrogens (primary N) is 2. The van der Waals surface area contributed by atoms with Gasteiger partial charge in [0.25, 0.3) is 11.1 Å². The summed E-state index contributed by atoms with van der Waals surface area (Å²) in [6, 6.07) is 4.56. The first kappa shape index (κ1) is 33.3. The SMILES string of the molecule is Nc1ccc2ncn([C@@H]3O[C@H](COP(=O)(O)OC4C(O)[C@@H](COP(=O)(O)O)O[C@H]4n4cnc5c(=O)[nH]c(N)nc54)CC3O)c(=O)c2c1. The van der Waals surface area contributed by atoms with Crippen LogP contribution in [0.2, 0.25) is 0 Å². The monoisotopic (exact) mass is 702 g/mol. The van der Waals surface area contributed by atoms with Crippen LogP contribution < -0.4 is 22.6 Å². The maximum atomic E-state index is 13.1. The molecule has 2 aliphatic heterocycles. The number of H-pyrrole nitrogens is 1. The van der Waals surface area contributed by atoms with Crippen LogP contribution in [0.5, 0.6) is 0 Å². The van der Waals surface area contributed by atoms with Gasteiger partial charge in [-0.3, -0.25) is 37.3 Å². The zero-order valence-corrected chi connectivity index (χ0v) is 25.5. The number of ether oxygens (including phenoxy) is 2. The van der Waals surface area contributed by atoms with Crippen LogP contribution in [0.1, 0.15) is 18.9 Å². The van der Waals surface area contributed by atoms with E-state index in [-0.39, 0.29) is 28.9 Å².